The molecule has 3 aromatic rings. The highest BCUT2D eigenvalue weighted by Gasteiger charge is 2.18. The van der Waals surface area contributed by atoms with Crippen molar-refractivity contribution in [3.05, 3.63) is 52.5 Å². The minimum atomic E-state index is -0.430. The molecular weight excluding hydrogens is 398 g/mol. The molecule has 1 fully saturated rings. The monoisotopic (exact) mass is 421 g/mol. The summed E-state index contributed by atoms with van der Waals surface area (Å²) in [7, 11) is 2.10. The largest absolute Gasteiger partial charge is 0.338 e. The van der Waals surface area contributed by atoms with Gasteiger partial charge in [-0.3, -0.25) is 15.4 Å². The molecule has 0 saturated carbocycles. The maximum atomic E-state index is 10.9. The van der Waals surface area contributed by atoms with Crippen molar-refractivity contribution in [2.75, 3.05) is 43.4 Å². The fourth-order valence-corrected chi connectivity index (χ4v) is 3.20. The number of nitrogens with zero attached hydrogens (tertiary/aromatic N) is 8. The minimum Gasteiger partial charge on any atom is -0.338 e. The summed E-state index contributed by atoms with van der Waals surface area (Å²) in [4.78, 5) is 37.2. The van der Waals surface area contributed by atoms with E-state index in [2.05, 4.69) is 47.1 Å². The normalized spacial score (nSPS) is 14.5. The van der Waals surface area contributed by atoms with Crippen LogP contribution in [0, 0.1) is 10.1 Å². The molecule has 1 aromatic carbocycles. The predicted molar refractivity (Wildman–Crippen MR) is 116 cm³/mol. The van der Waals surface area contributed by atoms with Crippen molar-refractivity contribution in [2.45, 2.75) is 13.3 Å². The Balaban J connectivity index is 1.57. The van der Waals surface area contributed by atoms with E-state index >= 15 is 0 Å². The number of nitrogens with one attached hydrogen (secondary N) is 1. The SMILES string of the molecule is CCc1nc(Nc2nccc(-c3ccc([N+](=O)[O-])cc3)n2)nc(N2CCN(C)CC2)n1. The number of aromatic nitrogens is 5. The molecule has 4 rings (SSSR count). The number of likely N-dealkylation sites (N-methyl/N-ethyl adjacent to an activating group) is 1. The lowest BCUT2D eigenvalue weighted by Crippen LogP contribution is -2.45. The number of non-ortho nitro benzene ring substituents is 1. The van der Waals surface area contributed by atoms with Crippen molar-refractivity contribution >= 4 is 23.5 Å². The zero-order chi connectivity index (χ0) is 21.8. The Labute approximate surface area is 179 Å². The van der Waals surface area contributed by atoms with Crippen LogP contribution >= 0.6 is 0 Å². The second-order valence-corrected chi connectivity index (χ2v) is 7.21. The Bertz CT molecular complexity index is 1070. The van der Waals surface area contributed by atoms with Crippen molar-refractivity contribution < 1.29 is 4.92 Å². The van der Waals surface area contributed by atoms with Gasteiger partial charge in [-0.15, -0.1) is 0 Å². The first-order valence-corrected chi connectivity index (χ1v) is 10.0. The second-order valence-electron chi connectivity index (χ2n) is 7.21. The molecule has 1 aliphatic rings. The quantitative estimate of drug-likeness (QED) is 0.468. The van der Waals surface area contributed by atoms with E-state index in [-0.39, 0.29) is 5.69 Å². The molecule has 0 spiro atoms. The van der Waals surface area contributed by atoms with Gasteiger partial charge in [0.2, 0.25) is 17.8 Å². The van der Waals surface area contributed by atoms with E-state index in [0.29, 0.717) is 35.8 Å². The van der Waals surface area contributed by atoms with E-state index in [0.717, 1.165) is 31.7 Å². The lowest BCUT2D eigenvalue weighted by atomic mass is 10.1. The van der Waals surface area contributed by atoms with Crippen molar-refractivity contribution in [1.82, 2.24) is 29.8 Å². The molecule has 1 saturated heterocycles. The fraction of sp³-hybridized carbons (Fsp3) is 0.350. The lowest BCUT2D eigenvalue weighted by molar-refractivity contribution is -0.384. The zero-order valence-electron chi connectivity index (χ0n) is 17.4. The molecule has 1 N–H and O–H groups in total. The molecule has 160 valence electrons. The summed E-state index contributed by atoms with van der Waals surface area (Å²) in [6.07, 6.45) is 2.30. The highest BCUT2D eigenvalue weighted by molar-refractivity contribution is 5.62. The maximum Gasteiger partial charge on any atom is 0.269 e. The van der Waals surface area contributed by atoms with E-state index in [4.69, 9.17) is 0 Å². The van der Waals surface area contributed by atoms with Crippen molar-refractivity contribution in [2.24, 2.45) is 0 Å². The lowest BCUT2D eigenvalue weighted by Gasteiger charge is -2.32. The fourth-order valence-electron chi connectivity index (χ4n) is 3.20. The van der Waals surface area contributed by atoms with E-state index in [1.165, 1.54) is 12.1 Å². The highest BCUT2D eigenvalue weighted by Crippen LogP contribution is 2.22. The minimum absolute atomic E-state index is 0.0323. The Hall–Kier alpha value is -3.73. The Kier molecular flexibility index (Phi) is 5.94. The van der Waals surface area contributed by atoms with Gasteiger partial charge in [-0.2, -0.15) is 15.0 Å². The zero-order valence-corrected chi connectivity index (χ0v) is 17.4. The van der Waals surface area contributed by atoms with Gasteiger partial charge in [0, 0.05) is 56.5 Å². The molecule has 0 aliphatic carbocycles. The molecule has 2 aromatic heterocycles. The van der Waals surface area contributed by atoms with E-state index in [9.17, 15) is 10.1 Å². The third-order valence-corrected chi connectivity index (χ3v) is 5.03. The van der Waals surface area contributed by atoms with Crippen LogP contribution in [0.1, 0.15) is 12.7 Å². The molecule has 3 heterocycles. The number of rotatable bonds is 6. The molecule has 0 radical (unpaired) electrons. The molecule has 0 unspecified atom stereocenters. The number of hydrogen-bond acceptors (Lipinski definition) is 10. The number of nitro benzene ring substituents is 1. The smallest absolute Gasteiger partial charge is 0.269 e. The number of hydrogen-bond donors (Lipinski definition) is 1. The number of anilines is 3. The molecule has 1 aliphatic heterocycles. The Morgan fingerprint density at radius 1 is 1.00 bits per heavy atom. The number of aryl methyl sites for hydroxylation is 1. The molecule has 31 heavy (non-hydrogen) atoms. The summed E-state index contributed by atoms with van der Waals surface area (Å²) < 4.78 is 0. The first kappa shape index (κ1) is 20.5. The van der Waals surface area contributed by atoms with E-state index < -0.39 is 4.92 Å². The molecule has 11 nitrogen and oxygen atoms in total. The molecule has 11 heteroatoms. The van der Waals surface area contributed by atoms with Crippen LogP contribution in [0.15, 0.2) is 36.5 Å². The Morgan fingerprint density at radius 2 is 1.74 bits per heavy atom. The summed E-state index contributed by atoms with van der Waals surface area (Å²) in [6.45, 7) is 5.62. The number of piperazine rings is 1. The maximum absolute atomic E-state index is 10.9. The van der Waals surface area contributed by atoms with E-state index in [1.807, 2.05) is 6.92 Å². The summed E-state index contributed by atoms with van der Waals surface area (Å²) in [5.74, 6) is 2.07. The topological polar surface area (TPSA) is 126 Å². The van der Waals surface area contributed by atoms with Crippen LogP contribution in [0.25, 0.3) is 11.3 Å². The molecular formula is C20H23N9O2. The van der Waals surface area contributed by atoms with Crippen molar-refractivity contribution in [3.8, 4) is 11.3 Å². The third kappa shape index (κ3) is 4.89. The summed E-state index contributed by atoms with van der Waals surface area (Å²) in [6, 6.07) is 7.97. The van der Waals surface area contributed by atoms with Crippen LogP contribution in [0.4, 0.5) is 23.5 Å². The van der Waals surface area contributed by atoms with Crippen LogP contribution in [-0.4, -0.2) is 68.0 Å². The van der Waals surface area contributed by atoms with Gasteiger partial charge < -0.3 is 9.80 Å². The van der Waals surface area contributed by atoms with E-state index in [1.54, 1.807) is 24.4 Å². The first-order valence-electron chi connectivity index (χ1n) is 10.0. The van der Waals surface area contributed by atoms with Gasteiger partial charge in [0.05, 0.1) is 10.6 Å². The van der Waals surface area contributed by atoms with Gasteiger partial charge in [0.25, 0.3) is 5.69 Å². The predicted octanol–water partition coefficient (Wildman–Crippen LogP) is 2.29. The Morgan fingerprint density at radius 3 is 2.42 bits per heavy atom. The highest BCUT2D eigenvalue weighted by atomic mass is 16.6. The van der Waals surface area contributed by atoms with Crippen molar-refractivity contribution in [3.63, 3.8) is 0 Å². The van der Waals surface area contributed by atoms with Gasteiger partial charge in [-0.25, -0.2) is 9.97 Å². The number of benzene rings is 1. The molecule has 0 bridgehead atoms. The van der Waals surface area contributed by atoms with Crippen LogP contribution in [0.2, 0.25) is 0 Å². The molecule has 0 amide bonds. The first-order chi connectivity index (χ1) is 15.0. The van der Waals surface area contributed by atoms with Crippen LogP contribution in [0.3, 0.4) is 0 Å². The summed E-state index contributed by atoms with van der Waals surface area (Å²) in [5.41, 5.74) is 1.42. The standard InChI is InChI=1S/C20H23N9O2/c1-3-17-23-19(26-20(24-17)28-12-10-27(2)11-13-28)25-18-21-9-8-16(22-18)14-4-6-15(7-5-14)29(30)31/h4-9H,3,10-13H2,1-2H3,(H,21,22,23,24,25,26). The van der Waals surface area contributed by atoms with Gasteiger partial charge in [-0.05, 0) is 25.2 Å². The van der Waals surface area contributed by atoms with Gasteiger partial charge >= 0.3 is 0 Å². The van der Waals surface area contributed by atoms with Crippen LogP contribution < -0.4 is 10.2 Å². The van der Waals surface area contributed by atoms with Gasteiger partial charge in [0.1, 0.15) is 5.82 Å². The average Bonchev–Trinajstić information content (AvgIpc) is 2.79. The van der Waals surface area contributed by atoms with Gasteiger partial charge in [0.15, 0.2) is 0 Å². The average molecular weight is 421 g/mol. The van der Waals surface area contributed by atoms with Crippen LogP contribution in [0.5, 0.6) is 0 Å². The summed E-state index contributed by atoms with van der Waals surface area (Å²) >= 11 is 0. The third-order valence-electron chi connectivity index (χ3n) is 5.03. The van der Waals surface area contributed by atoms with Gasteiger partial charge in [-0.1, -0.05) is 6.92 Å². The molecule has 0 atom stereocenters. The summed E-state index contributed by atoms with van der Waals surface area (Å²) in [5, 5.41) is 13.9. The second kappa shape index (κ2) is 8.96. The van der Waals surface area contributed by atoms with Crippen LogP contribution in [-0.2, 0) is 6.42 Å². The number of nitro groups is 1. The van der Waals surface area contributed by atoms with Crippen molar-refractivity contribution in [1.29, 1.82) is 0 Å².